The maximum absolute atomic E-state index is 12.5. The molecule has 0 bridgehead atoms. The fraction of sp³-hybridized carbons (Fsp3) is 0.478. The number of ether oxygens (including phenoxy) is 2. The fourth-order valence-corrected chi connectivity index (χ4v) is 9.75. The van der Waals surface area contributed by atoms with Gasteiger partial charge < -0.3 is 29.0 Å². The van der Waals surface area contributed by atoms with Gasteiger partial charge in [-0.15, -0.1) is 20.4 Å². The number of H-pyrrole nitrogens is 1. The van der Waals surface area contributed by atoms with Crippen molar-refractivity contribution in [2.24, 2.45) is 0 Å². The van der Waals surface area contributed by atoms with Crippen LogP contribution in [0.15, 0.2) is 40.1 Å². The van der Waals surface area contributed by atoms with Crippen molar-refractivity contribution >= 4 is 57.8 Å². The first-order chi connectivity index (χ1) is 22.7. The van der Waals surface area contributed by atoms with Crippen LogP contribution in [0.1, 0.15) is 37.9 Å². The monoisotopic (exact) mass is 784 g/mol. The van der Waals surface area contributed by atoms with Crippen LogP contribution in [0.3, 0.4) is 0 Å². The Kier molecular flexibility index (Phi) is 13.0. The number of benzene rings is 1. The van der Waals surface area contributed by atoms with Crippen LogP contribution in [0.25, 0.3) is 11.4 Å². The molecule has 0 spiro atoms. The predicted octanol–water partition coefficient (Wildman–Crippen LogP) is 1.25. The third kappa shape index (κ3) is 12.3. The molecular formula is C23H32BN6O14P3S2. The zero-order valence-corrected chi connectivity index (χ0v) is 30.5. The Morgan fingerprint density at radius 2 is 1.67 bits per heavy atom. The van der Waals surface area contributed by atoms with Crippen molar-refractivity contribution in [3.8, 4) is 11.4 Å². The molecule has 20 nitrogen and oxygen atoms in total. The van der Waals surface area contributed by atoms with Gasteiger partial charge in [0.25, 0.3) is 5.56 Å². The summed E-state index contributed by atoms with van der Waals surface area (Å²) in [5, 5.41) is 15.9. The van der Waals surface area contributed by atoms with E-state index in [0.29, 0.717) is 18.9 Å². The lowest BCUT2D eigenvalue weighted by Gasteiger charge is -2.24. The van der Waals surface area contributed by atoms with Crippen LogP contribution in [-0.2, 0) is 36.3 Å². The van der Waals surface area contributed by atoms with E-state index in [9.17, 15) is 33.1 Å². The highest BCUT2D eigenvalue weighted by Gasteiger charge is 2.43. The molecular weight excluding hydrogens is 752 g/mol. The highest BCUT2D eigenvalue weighted by atomic mass is 33.1. The summed E-state index contributed by atoms with van der Waals surface area (Å²) in [6, 6.07) is 7.69. The number of rotatable bonds is 16. The number of nitrogens with zero attached hydrogens (tertiary/aromatic N) is 5. The molecule has 5 N–H and O–H groups in total. The molecule has 1 aliphatic rings. The average Bonchev–Trinajstić information content (AvgIpc) is 3.38. The summed E-state index contributed by atoms with van der Waals surface area (Å²) in [6.07, 6.45) is -1.75. The molecule has 268 valence electrons. The van der Waals surface area contributed by atoms with E-state index in [-0.39, 0.29) is 22.6 Å². The van der Waals surface area contributed by atoms with Gasteiger partial charge in [0, 0.05) is 23.7 Å². The Hall–Kier alpha value is -2.07. The largest absolute Gasteiger partial charge is 0.490 e. The van der Waals surface area contributed by atoms with Crippen LogP contribution < -0.4 is 16.7 Å². The molecule has 1 aliphatic heterocycles. The van der Waals surface area contributed by atoms with Crippen molar-refractivity contribution in [1.82, 2.24) is 29.9 Å². The van der Waals surface area contributed by atoms with Crippen LogP contribution in [-0.4, -0.2) is 86.2 Å². The number of aromatic amines is 1. The van der Waals surface area contributed by atoms with Crippen LogP contribution >= 0.6 is 45.1 Å². The minimum Gasteiger partial charge on any atom is -0.364 e. The van der Waals surface area contributed by atoms with Crippen molar-refractivity contribution in [1.29, 1.82) is 0 Å². The summed E-state index contributed by atoms with van der Waals surface area (Å²) in [4.78, 5) is 63.4. The van der Waals surface area contributed by atoms with Gasteiger partial charge >= 0.3 is 29.2 Å². The minimum atomic E-state index is -5.74. The lowest BCUT2D eigenvalue weighted by Crippen LogP contribution is -2.33. The van der Waals surface area contributed by atoms with E-state index >= 15 is 0 Å². The molecule has 1 aromatic carbocycles. The summed E-state index contributed by atoms with van der Waals surface area (Å²) in [7, 11) is -13.2. The van der Waals surface area contributed by atoms with Crippen molar-refractivity contribution in [2.45, 2.75) is 57.2 Å². The zero-order valence-electron chi connectivity index (χ0n) is 26.2. The molecule has 49 heavy (non-hydrogen) atoms. The number of hydrogen-bond donors (Lipinski definition) is 5. The maximum atomic E-state index is 12.5. The van der Waals surface area contributed by atoms with Gasteiger partial charge in [-0.3, -0.25) is 18.9 Å². The molecule has 1 saturated heterocycles. The molecule has 5 atom stereocenters. The van der Waals surface area contributed by atoms with E-state index in [1.807, 2.05) is 38.1 Å². The standard InChI is InChI=1S/C23H32BN6O14P3S2/c1-13-10-30(22(32)25-21(13)31)19-9-17(18(42-19)11-41-46(36,37)44-47(38,39)43-45(33,34)35)40-12-48-49-23(3,4)24-16-7-5-15(6-8-16)20-28-26-14(2)27-29-20/h5-8,10,17-19,24H,9,11-12H2,1-4H3,(H,36,37)(H,38,39)(H,25,31,32)(H2,33,34,35)/t17-,18?,19-/m1/s1. The van der Waals surface area contributed by atoms with Crippen molar-refractivity contribution in [3.05, 3.63) is 62.7 Å². The van der Waals surface area contributed by atoms with E-state index in [0.717, 1.165) is 15.6 Å². The third-order valence-corrected chi connectivity index (χ3v) is 13.2. The highest BCUT2D eigenvalue weighted by Crippen LogP contribution is 2.66. The summed E-state index contributed by atoms with van der Waals surface area (Å²) in [5.74, 6) is 0.973. The van der Waals surface area contributed by atoms with E-state index in [4.69, 9.17) is 23.8 Å². The van der Waals surface area contributed by atoms with Crippen LogP contribution in [0, 0.1) is 13.8 Å². The maximum Gasteiger partial charge on any atom is 0.490 e. The van der Waals surface area contributed by atoms with Crippen LogP contribution in [0.2, 0.25) is 0 Å². The SMILES string of the molecule is Cc1nnc(-c2ccc(BC(C)(C)SSCO[C@@H]3C[C@H](n4cc(C)c(=O)[nH]c4=O)OC3COP(=O)(O)OP(=O)(O)OP(=O)(O)O)cc2)nn1. The Balaban J connectivity index is 1.37. The summed E-state index contributed by atoms with van der Waals surface area (Å²) >= 11 is 0. The van der Waals surface area contributed by atoms with E-state index in [1.165, 1.54) is 34.7 Å². The molecule has 4 rings (SSSR count). The molecule has 1 fully saturated rings. The average molecular weight is 784 g/mol. The summed E-state index contributed by atoms with van der Waals surface area (Å²) < 4.78 is 59.9. The molecule has 3 heterocycles. The van der Waals surface area contributed by atoms with Gasteiger partial charge in [0.15, 0.2) is 13.1 Å². The first kappa shape index (κ1) is 39.7. The van der Waals surface area contributed by atoms with Gasteiger partial charge in [-0.25, -0.2) is 18.5 Å². The Morgan fingerprint density at radius 1 is 1.02 bits per heavy atom. The zero-order chi connectivity index (χ0) is 36.2. The molecule has 0 amide bonds. The fourth-order valence-electron chi connectivity index (χ4n) is 4.45. The predicted molar refractivity (Wildman–Crippen MR) is 178 cm³/mol. The normalized spacial score (nSPS) is 20.9. The van der Waals surface area contributed by atoms with Gasteiger partial charge in [0.1, 0.15) is 18.3 Å². The van der Waals surface area contributed by atoms with Crippen molar-refractivity contribution in [3.63, 3.8) is 0 Å². The quantitative estimate of drug-likeness (QED) is 0.0449. The lowest BCUT2D eigenvalue weighted by molar-refractivity contribution is -0.0543. The van der Waals surface area contributed by atoms with E-state index in [2.05, 4.69) is 34.0 Å². The topological polar surface area (TPSA) is 285 Å². The first-order valence-electron chi connectivity index (χ1n) is 14.0. The molecule has 0 radical (unpaired) electrons. The summed E-state index contributed by atoms with van der Waals surface area (Å²) in [5.41, 5.74) is 0.649. The van der Waals surface area contributed by atoms with Crippen LogP contribution in [0.5, 0.6) is 0 Å². The number of nitrogens with one attached hydrogen (secondary N) is 1. The number of aromatic nitrogens is 6. The van der Waals surface area contributed by atoms with Crippen LogP contribution in [0.4, 0.5) is 0 Å². The Bertz CT molecular complexity index is 1880. The number of hydrogen-bond acceptors (Lipinski definition) is 16. The minimum absolute atomic E-state index is 0.0204. The van der Waals surface area contributed by atoms with Gasteiger partial charge in [-0.05, 0) is 18.5 Å². The van der Waals surface area contributed by atoms with Gasteiger partial charge in [-0.2, -0.15) is 8.62 Å². The number of phosphoric ester groups is 1. The molecule has 0 aliphatic carbocycles. The van der Waals surface area contributed by atoms with Gasteiger partial charge in [0.05, 0.1) is 12.7 Å². The van der Waals surface area contributed by atoms with E-state index in [1.54, 1.807) is 6.92 Å². The molecule has 26 heteroatoms. The highest BCUT2D eigenvalue weighted by molar-refractivity contribution is 8.77. The van der Waals surface area contributed by atoms with Crippen molar-refractivity contribution < 1.29 is 55.9 Å². The van der Waals surface area contributed by atoms with E-state index < -0.39 is 59.8 Å². The molecule has 2 aromatic heterocycles. The van der Waals surface area contributed by atoms with Gasteiger partial charge in [0.2, 0.25) is 5.82 Å². The molecule has 3 aromatic rings. The number of aryl methyl sites for hydroxylation is 2. The second-order valence-electron chi connectivity index (χ2n) is 11.2. The first-order valence-corrected chi connectivity index (χ1v) is 20.9. The molecule has 0 saturated carbocycles. The Labute approximate surface area is 286 Å². The lowest BCUT2D eigenvalue weighted by atomic mass is 9.60. The van der Waals surface area contributed by atoms with Crippen molar-refractivity contribution in [2.75, 3.05) is 12.5 Å². The summed E-state index contributed by atoms with van der Waals surface area (Å²) in [6.45, 7) is 6.46. The molecule has 3 unspecified atom stereocenters. The Morgan fingerprint density at radius 3 is 2.31 bits per heavy atom. The van der Waals surface area contributed by atoms with Gasteiger partial charge in [-0.1, -0.05) is 65.2 Å². The second-order valence-corrected chi connectivity index (χ2v) is 18.5. The third-order valence-electron chi connectivity index (χ3n) is 6.49. The smallest absolute Gasteiger partial charge is 0.364 e. The second kappa shape index (κ2) is 16.1. The number of phosphoric acid groups is 3.